The van der Waals surface area contributed by atoms with Crippen LogP contribution in [0.5, 0.6) is 5.75 Å². The van der Waals surface area contributed by atoms with Gasteiger partial charge >= 0.3 is 0 Å². The average molecular weight is 364 g/mol. The summed E-state index contributed by atoms with van der Waals surface area (Å²) in [5.41, 5.74) is 2.27. The molecule has 0 amide bonds. The summed E-state index contributed by atoms with van der Waals surface area (Å²) in [6.07, 6.45) is 0. The van der Waals surface area contributed by atoms with Crippen molar-refractivity contribution in [2.24, 2.45) is 0 Å². The standard InChI is InChI=1S/C23H25O2P/c1-23(2,3)26(24,22-13-9-8-12-21(22)25-4)20-16-14-19(15-17-20)18-10-6-5-7-11-18/h5-17H,1-4H3. The SMILES string of the molecule is COc1ccccc1P(=O)(c1ccc(-c2ccccc2)cc1)C(C)(C)C. The van der Waals surface area contributed by atoms with Crippen molar-refractivity contribution in [3.8, 4) is 16.9 Å². The lowest BCUT2D eigenvalue weighted by molar-refractivity contribution is 0.417. The van der Waals surface area contributed by atoms with Crippen LogP contribution in [-0.2, 0) is 4.57 Å². The summed E-state index contributed by atoms with van der Waals surface area (Å²) in [5.74, 6) is 0.679. The molecule has 3 rings (SSSR count). The van der Waals surface area contributed by atoms with E-state index in [4.69, 9.17) is 4.74 Å². The molecule has 3 aromatic rings. The highest BCUT2D eigenvalue weighted by atomic mass is 31.2. The maximum absolute atomic E-state index is 14.4. The molecule has 0 aromatic heterocycles. The smallest absolute Gasteiger partial charge is 0.151 e. The van der Waals surface area contributed by atoms with Gasteiger partial charge in [-0.2, -0.15) is 0 Å². The number of benzene rings is 3. The van der Waals surface area contributed by atoms with Gasteiger partial charge in [0.1, 0.15) is 5.75 Å². The lowest BCUT2D eigenvalue weighted by atomic mass is 10.1. The number of hydrogen-bond acceptors (Lipinski definition) is 2. The predicted octanol–water partition coefficient (Wildman–Crippen LogP) is 5.47. The summed E-state index contributed by atoms with van der Waals surface area (Å²) in [4.78, 5) is 0. The molecule has 0 heterocycles. The van der Waals surface area contributed by atoms with E-state index in [1.54, 1.807) is 7.11 Å². The quantitative estimate of drug-likeness (QED) is 0.574. The van der Waals surface area contributed by atoms with Gasteiger partial charge in [-0.15, -0.1) is 0 Å². The minimum Gasteiger partial charge on any atom is -0.496 e. The van der Waals surface area contributed by atoms with Gasteiger partial charge in [0.15, 0.2) is 7.14 Å². The Hall–Kier alpha value is -2.31. The molecule has 3 heteroatoms. The van der Waals surface area contributed by atoms with Crippen LogP contribution in [0.1, 0.15) is 20.8 Å². The first-order valence-electron chi connectivity index (χ1n) is 8.78. The molecule has 0 aliphatic rings. The zero-order valence-corrected chi connectivity index (χ0v) is 16.7. The summed E-state index contributed by atoms with van der Waals surface area (Å²) in [6, 6.07) is 26.0. The van der Waals surface area contributed by atoms with E-state index in [-0.39, 0.29) is 0 Å². The predicted molar refractivity (Wildman–Crippen MR) is 111 cm³/mol. The van der Waals surface area contributed by atoms with Crippen molar-refractivity contribution in [2.75, 3.05) is 7.11 Å². The van der Waals surface area contributed by atoms with Crippen molar-refractivity contribution in [1.29, 1.82) is 0 Å². The summed E-state index contributed by atoms with van der Waals surface area (Å²) in [6.45, 7) is 6.10. The van der Waals surface area contributed by atoms with Crippen LogP contribution in [0.3, 0.4) is 0 Å². The zero-order valence-electron chi connectivity index (χ0n) is 15.8. The lowest BCUT2D eigenvalue weighted by Gasteiger charge is -2.33. The van der Waals surface area contributed by atoms with Crippen LogP contribution < -0.4 is 15.3 Å². The summed E-state index contributed by atoms with van der Waals surface area (Å²) in [5, 5.41) is 1.22. The van der Waals surface area contributed by atoms with E-state index in [0.29, 0.717) is 5.75 Å². The van der Waals surface area contributed by atoms with Crippen LogP contribution in [0.25, 0.3) is 11.1 Å². The minimum absolute atomic E-state index is 0.421. The largest absolute Gasteiger partial charge is 0.496 e. The second-order valence-electron chi connectivity index (χ2n) is 7.36. The van der Waals surface area contributed by atoms with Gasteiger partial charge in [-0.3, -0.25) is 0 Å². The fraction of sp³-hybridized carbons (Fsp3) is 0.217. The zero-order chi connectivity index (χ0) is 18.8. The number of methoxy groups -OCH3 is 1. The lowest BCUT2D eigenvalue weighted by Crippen LogP contribution is -2.31. The molecular weight excluding hydrogens is 339 g/mol. The Labute approximate surface area is 156 Å². The molecule has 0 saturated carbocycles. The molecule has 0 fully saturated rings. The average Bonchev–Trinajstić information content (AvgIpc) is 2.67. The maximum atomic E-state index is 14.4. The molecule has 26 heavy (non-hydrogen) atoms. The normalized spacial score (nSPS) is 13.8. The van der Waals surface area contributed by atoms with Crippen molar-refractivity contribution in [2.45, 2.75) is 25.9 Å². The Balaban J connectivity index is 2.14. The van der Waals surface area contributed by atoms with Gasteiger partial charge in [-0.05, 0) is 23.3 Å². The molecule has 0 N–H and O–H groups in total. The molecule has 0 aliphatic heterocycles. The van der Waals surface area contributed by atoms with Crippen LogP contribution in [-0.4, -0.2) is 12.3 Å². The van der Waals surface area contributed by atoms with Gasteiger partial charge in [-0.25, -0.2) is 0 Å². The van der Waals surface area contributed by atoms with Crippen molar-refractivity contribution < 1.29 is 9.30 Å². The highest BCUT2D eigenvalue weighted by molar-refractivity contribution is 7.80. The first kappa shape index (κ1) is 18.5. The van der Waals surface area contributed by atoms with Crippen molar-refractivity contribution in [3.63, 3.8) is 0 Å². The summed E-state index contributed by atoms with van der Waals surface area (Å²) >= 11 is 0. The van der Waals surface area contributed by atoms with Gasteiger partial charge in [0.2, 0.25) is 0 Å². The second kappa shape index (κ2) is 7.13. The van der Waals surface area contributed by atoms with Crippen LogP contribution in [0.15, 0.2) is 78.9 Å². The molecule has 0 bridgehead atoms. The van der Waals surface area contributed by atoms with Crippen molar-refractivity contribution in [3.05, 3.63) is 78.9 Å². The number of rotatable bonds is 4. The highest BCUT2D eigenvalue weighted by Gasteiger charge is 2.41. The number of ether oxygens (including phenoxy) is 1. The van der Waals surface area contributed by atoms with E-state index in [1.165, 1.54) is 0 Å². The van der Waals surface area contributed by atoms with Crippen LogP contribution >= 0.6 is 7.14 Å². The Morgan fingerprint density at radius 3 is 1.85 bits per heavy atom. The molecule has 0 spiro atoms. The molecule has 1 unspecified atom stereocenters. The first-order valence-corrected chi connectivity index (χ1v) is 10.5. The molecule has 1 atom stereocenters. The van der Waals surface area contributed by atoms with Crippen LogP contribution in [0, 0.1) is 0 Å². The Kier molecular flexibility index (Phi) is 5.07. The summed E-state index contributed by atoms with van der Waals surface area (Å²) < 4.78 is 19.9. The van der Waals surface area contributed by atoms with Crippen molar-refractivity contribution >= 4 is 17.8 Å². The maximum Gasteiger partial charge on any atom is 0.151 e. The fourth-order valence-corrected chi connectivity index (χ4v) is 6.39. The van der Waals surface area contributed by atoms with E-state index in [9.17, 15) is 4.57 Å². The van der Waals surface area contributed by atoms with Gasteiger partial charge in [0.25, 0.3) is 0 Å². The minimum atomic E-state index is -2.90. The Bertz CT molecular complexity index is 922. The molecule has 134 valence electrons. The van der Waals surface area contributed by atoms with E-state index >= 15 is 0 Å². The molecule has 3 aromatic carbocycles. The third-order valence-electron chi connectivity index (χ3n) is 4.71. The topological polar surface area (TPSA) is 26.3 Å². The van der Waals surface area contributed by atoms with Gasteiger partial charge in [0, 0.05) is 10.5 Å². The first-order chi connectivity index (χ1) is 12.4. The molecule has 2 nitrogen and oxygen atoms in total. The molecule has 0 aliphatic carbocycles. The van der Waals surface area contributed by atoms with E-state index < -0.39 is 12.3 Å². The Morgan fingerprint density at radius 1 is 0.731 bits per heavy atom. The number of para-hydroxylation sites is 1. The summed E-state index contributed by atoms with van der Waals surface area (Å²) in [7, 11) is -1.27. The fourth-order valence-electron chi connectivity index (χ4n) is 3.27. The molecule has 0 saturated heterocycles. The van der Waals surface area contributed by atoms with E-state index in [1.807, 2.05) is 75.4 Å². The highest BCUT2D eigenvalue weighted by Crippen LogP contribution is 2.57. The second-order valence-corrected chi connectivity index (χ2v) is 10.9. The van der Waals surface area contributed by atoms with Crippen molar-refractivity contribution in [1.82, 2.24) is 0 Å². The third kappa shape index (κ3) is 3.22. The third-order valence-corrected chi connectivity index (χ3v) is 8.67. The van der Waals surface area contributed by atoms with E-state index in [0.717, 1.165) is 21.7 Å². The van der Waals surface area contributed by atoms with Gasteiger partial charge in [-0.1, -0.05) is 87.5 Å². The monoisotopic (exact) mass is 364 g/mol. The molecule has 0 radical (unpaired) electrons. The Morgan fingerprint density at radius 2 is 1.27 bits per heavy atom. The van der Waals surface area contributed by atoms with Gasteiger partial charge < -0.3 is 9.30 Å². The van der Waals surface area contributed by atoms with E-state index in [2.05, 4.69) is 24.3 Å². The van der Waals surface area contributed by atoms with Gasteiger partial charge in [0.05, 0.1) is 12.4 Å². The van der Waals surface area contributed by atoms with Crippen LogP contribution in [0.2, 0.25) is 0 Å². The van der Waals surface area contributed by atoms with Crippen LogP contribution in [0.4, 0.5) is 0 Å². The number of hydrogen-bond donors (Lipinski definition) is 0. The molecular formula is C23H25O2P.